The van der Waals surface area contributed by atoms with Gasteiger partial charge in [-0.3, -0.25) is 4.79 Å². The van der Waals surface area contributed by atoms with Crippen molar-refractivity contribution in [1.82, 2.24) is 20.1 Å². The van der Waals surface area contributed by atoms with Gasteiger partial charge in [0.15, 0.2) is 17.1 Å². The van der Waals surface area contributed by atoms with Crippen LogP contribution in [0.2, 0.25) is 0 Å². The SMILES string of the molecule is CCn1c(SCC(=O)N[C@@H]2CCCC[C@@H]2C)nnc1[C@H](C)Oc1ccccc1. The minimum Gasteiger partial charge on any atom is -0.483 e. The Bertz CT molecular complexity index is 765. The Morgan fingerprint density at radius 1 is 1.29 bits per heavy atom. The van der Waals surface area contributed by atoms with Crippen molar-refractivity contribution in [3.8, 4) is 5.75 Å². The predicted molar refractivity (Wildman–Crippen MR) is 111 cm³/mol. The number of benzene rings is 1. The van der Waals surface area contributed by atoms with Gasteiger partial charge in [0.25, 0.3) is 0 Å². The van der Waals surface area contributed by atoms with E-state index in [0.717, 1.165) is 29.7 Å². The first-order valence-electron chi connectivity index (χ1n) is 10.2. The van der Waals surface area contributed by atoms with Crippen molar-refractivity contribution < 1.29 is 9.53 Å². The highest BCUT2D eigenvalue weighted by Crippen LogP contribution is 2.26. The lowest BCUT2D eigenvalue weighted by Gasteiger charge is -2.29. The van der Waals surface area contributed by atoms with E-state index in [1.54, 1.807) is 0 Å². The third-order valence-corrected chi connectivity index (χ3v) is 6.24. The van der Waals surface area contributed by atoms with E-state index in [4.69, 9.17) is 4.74 Å². The van der Waals surface area contributed by atoms with Crippen LogP contribution in [0.3, 0.4) is 0 Å². The summed E-state index contributed by atoms with van der Waals surface area (Å²) in [6.45, 7) is 6.98. The Labute approximate surface area is 171 Å². The summed E-state index contributed by atoms with van der Waals surface area (Å²) in [5, 5.41) is 12.6. The fourth-order valence-electron chi connectivity index (χ4n) is 3.67. The lowest BCUT2D eigenvalue weighted by atomic mass is 9.86. The highest BCUT2D eigenvalue weighted by molar-refractivity contribution is 7.99. The molecule has 1 fully saturated rings. The van der Waals surface area contributed by atoms with Crippen molar-refractivity contribution in [1.29, 1.82) is 0 Å². The molecule has 1 aromatic heterocycles. The Morgan fingerprint density at radius 3 is 2.75 bits per heavy atom. The maximum atomic E-state index is 12.4. The first kappa shape index (κ1) is 20.7. The van der Waals surface area contributed by atoms with Crippen LogP contribution in [0, 0.1) is 5.92 Å². The van der Waals surface area contributed by atoms with Crippen molar-refractivity contribution in [3.63, 3.8) is 0 Å². The van der Waals surface area contributed by atoms with Crippen LogP contribution >= 0.6 is 11.8 Å². The summed E-state index contributed by atoms with van der Waals surface area (Å²) in [5.74, 6) is 2.56. The van der Waals surface area contributed by atoms with Gasteiger partial charge in [-0.05, 0) is 44.7 Å². The first-order valence-corrected chi connectivity index (χ1v) is 11.1. The number of aromatic nitrogens is 3. The summed E-state index contributed by atoms with van der Waals surface area (Å²) in [5.41, 5.74) is 0. The van der Waals surface area contributed by atoms with Crippen LogP contribution in [0.15, 0.2) is 35.5 Å². The Morgan fingerprint density at radius 2 is 2.04 bits per heavy atom. The Balaban J connectivity index is 1.58. The van der Waals surface area contributed by atoms with Gasteiger partial charge in [0.2, 0.25) is 5.91 Å². The number of para-hydroxylation sites is 1. The van der Waals surface area contributed by atoms with E-state index in [1.165, 1.54) is 31.0 Å². The van der Waals surface area contributed by atoms with Crippen molar-refractivity contribution in [2.75, 3.05) is 5.75 Å². The van der Waals surface area contributed by atoms with Gasteiger partial charge in [-0.1, -0.05) is 49.7 Å². The number of carbonyl (C=O) groups is 1. The second kappa shape index (κ2) is 9.96. The monoisotopic (exact) mass is 402 g/mol. The van der Waals surface area contributed by atoms with Crippen molar-refractivity contribution in [2.45, 2.75) is 70.3 Å². The molecule has 28 heavy (non-hydrogen) atoms. The van der Waals surface area contributed by atoms with E-state index in [1.807, 2.05) is 41.8 Å². The standard InChI is InChI=1S/C21H30N4O2S/c1-4-25-20(16(3)27-17-11-6-5-7-12-17)23-24-21(25)28-14-19(26)22-18-13-9-8-10-15(18)2/h5-7,11-12,15-16,18H,4,8-10,13-14H2,1-3H3,(H,22,26)/t15-,16-,18+/m0/s1. The number of hydrogen-bond acceptors (Lipinski definition) is 5. The lowest BCUT2D eigenvalue weighted by Crippen LogP contribution is -2.41. The minimum atomic E-state index is -0.221. The van der Waals surface area contributed by atoms with Crippen LogP contribution in [0.5, 0.6) is 5.75 Å². The molecule has 1 aromatic carbocycles. The molecule has 0 spiro atoms. The zero-order valence-electron chi connectivity index (χ0n) is 16.9. The molecule has 1 aliphatic carbocycles. The van der Waals surface area contributed by atoms with E-state index < -0.39 is 0 Å². The number of carbonyl (C=O) groups excluding carboxylic acids is 1. The molecule has 0 unspecified atom stereocenters. The van der Waals surface area contributed by atoms with E-state index in [2.05, 4.69) is 29.4 Å². The average Bonchev–Trinajstić information content (AvgIpc) is 3.12. The molecule has 1 heterocycles. The fraction of sp³-hybridized carbons (Fsp3) is 0.571. The molecule has 1 saturated carbocycles. The quantitative estimate of drug-likeness (QED) is 0.670. The summed E-state index contributed by atoms with van der Waals surface area (Å²) in [6.07, 6.45) is 4.54. The van der Waals surface area contributed by atoms with E-state index in [-0.39, 0.29) is 12.0 Å². The smallest absolute Gasteiger partial charge is 0.230 e. The van der Waals surface area contributed by atoms with Crippen LogP contribution in [-0.2, 0) is 11.3 Å². The number of ether oxygens (including phenoxy) is 1. The van der Waals surface area contributed by atoms with Crippen LogP contribution < -0.4 is 10.1 Å². The van der Waals surface area contributed by atoms with Crippen molar-refractivity contribution >= 4 is 17.7 Å². The molecule has 1 aliphatic rings. The van der Waals surface area contributed by atoms with Gasteiger partial charge in [0, 0.05) is 12.6 Å². The van der Waals surface area contributed by atoms with Gasteiger partial charge in [-0.25, -0.2) is 0 Å². The maximum Gasteiger partial charge on any atom is 0.230 e. The molecule has 152 valence electrons. The normalized spacial score (nSPS) is 20.5. The molecule has 0 aliphatic heterocycles. The molecule has 3 rings (SSSR count). The summed E-state index contributed by atoms with van der Waals surface area (Å²) in [7, 11) is 0. The second-order valence-corrected chi connectivity index (χ2v) is 8.33. The number of amides is 1. The molecule has 1 amide bonds. The number of hydrogen-bond donors (Lipinski definition) is 1. The van der Waals surface area contributed by atoms with Gasteiger partial charge in [-0.15, -0.1) is 10.2 Å². The fourth-order valence-corrected chi connectivity index (χ4v) is 4.49. The lowest BCUT2D eigenvalue weighted by molar-refractivity contribution is -0.119. The van der Waals surface area contributed by atoms with Crippen LogP contribution in [0.4, 0.5) is 0 Å². The molecule has 0 radical (unpaired) electrons. The zero-order valence-corrected chi connectivity index (χ0v) is 17.7. The maximum absolute atomic E-state index is 12.4. The molecule has 7 heteroatoms. The minimum absolute atomic E-state index is 0.0736. The third-order valence-electron chi connectivity index (χ3n) is 5.27. The van der Waals surface area contributed by atoms with Crippen LogP contribution in [-0.4, -0.2) is 32.5 Å². The summed E-state index contributed by atoms with van der Waals surface area (Å²) in [6, 6.07) is 10.0. The molecular weight excluding hydrogens is 372 g/mol. The number of rotatable bonds is 8. The summed E-state index contributed by atoms with van der Waals surface area (Å²) < 4.78 is 8.00. The van der Waals surface area contributed by atoms with E-state index in [0.29, 0.717) is 17.7 Å². The highest BCUT2D eigenvalue weighted by atomic mass is 32.2. The predicted octanol–water partition coefficient (Wildman–Crippen LogP) is 4.23. The highest BCUT2D eigenvalue weighted by Gasteiger charge is 2.24. The van der Waals surface area contributed by atoms with Gasteiger partial charge in [0.1, 0.15) is 5.75 Å². The van der Waals surface area contributed by atoms with Crippen LogP contribution in [0.1, 0.15) is 58.4 Å². The van der Waals surface area contributed by atoms with E-state index in [9.17, 15) is 4.79 Å². The largest absolute Gasteiger partial charge is 0.483 e. The number of thioether (sulfide) groups is 1. The van der Waals surface area contributed by atoms with Crippen LogP contribution in [0.25, 0.3) is 0 Å². The van der Waals surface area contributed by atoms with Gasteiger partial charge in [0.05, 0.1) is 5.75 Å². The molecule has 0 saturated heterocycles. The second-order valence-electron chi connectivity index (χ2n) is 7.38. The van der Waals surface area contributed by atoms with Gasteiger partial charge >= 0.3 is 0 Å². The first-order chi connectivity index (χ1) is 13.6. The van der Waals surface area contributed by atoms with Gasteiger partial charge in [-0.2, -0.15) is 0 Å². The number of nitrogens with zero attached hydrogens (tertiary/aromatic N) is 3. The molecule has 3 atom stereocenters. The number of nitrogens with one attached hydrogen (secondary N) is 1. The molecule has 6 nitrogen and oxygen atoms in total. The Kier molecular flexibility index (Phi) is 7.36. The summed E-state index contributed by atoms with van der Waals surface area (Å²) >= 11 is 1.44. The molecule has 2 aromatic rings. The molecule has 0 bridgehead atoms. The summed E-state index contributed by atoms with van der Waals surface area (Å²) in [4.78, 5) is 12.4. The van der Waals surface area contributed by atoms with Crippen molar-refractivity contribution in [2.24, 2.45) is 5.92 Å². The van der Waals surface area contributed by atoms with E-state index >= 15 is 0 Å². The molecule has 1 N–H and O–H groups in total. The zero-order chi connectivity index (χ0) is 19.9. The van der Waals surface area contributed by atoms with Crippen molar-refractivity contribution in [3.05, 3.63) is 36.2 Å². The Hall–Kier alpha value is -2.02. The third kappa shape index (κ3) is 5.28. The van der Waals surface area contributed by atoms with Gasteiger partial charge < -0.3 is 14.6 Å². The average molecular weight is 403 g/mol. The molecular formula is C21H30N4O2S. The topological polar surface area (TPSA) is 69.0 Å².